The van der Waals surface area contributed by atoms with Gasteiger partial charge in [0.15, 0.2) is 0 Å². The molecule has 1 unspecified atom stereocenters. The number of nitrogens with two attached hydrogens (primary N) is 1. The fourth-order valence-electron chi connectivity index (χ4n) is 3.05. The zero-order valence-electron chi connectivity index (χ0n) is 11.5. The highest BCUT2D eigenvalue weighted by Crippen LogP contribution is 2.37. The van der Waals surface area contributed by atoms with Gasteiger partial charge in [0.2, 0.25) is 0 Å². The van der Waals surface area contributed by atoms with E-state index in [0.29, 0.717) is 6.10 Å². The molecule has 1 atom stereocenters. The lowest BCUT2D eigenvalue weighted by molar-refractivity contribution is 0.303. The Morgan fingerprint density at radius 1 is 0.950 bits per heavy atom. The van der Waals surface area contributed by atoms with Gasteiger partial charge in [0.25, 0.3) is 0 Å². The van der Waals surface area contributed by atoms with E-state index in [0.717, 1.165) is 18.6 Å². The standard InChI is InChI=1S/C18H19NO/c19-18-11-10-16-15(2-1-3-17(16)18)12-4-6-13(7-5-12)20-14-8-9-14/h1-7,14,18H,8-11,19H2. The minimum absolute atomic E-state index is 0.211. The molecular formula is C18H19NO. The Morgan fingerprint density at radius 3 is 2.50 bits per heavy atom. The fraction of sp³-hybridized carbons (Fsp3) is 0.333. The van der Waals surface area contributed by atoms with Crippen molar-refractivity contribution in [3.8, 4) is 16.9 Å². The highest BCUT2D eigenvalue weighted by molar-refractivity contribution is 5.70. The van der Waals surface area contributed by atoms with E-state index in [4.69, 9.17) is 10.5 Å². The molecule has 0 aliphatic heterocycles. The number of fused-ring (bicyclic) bond motifs is 1. The van der Waals surface area contributed by atoms with Crippen molar-refractivity contribution in [3.05, 3.63) is 53.6 Å². The van der Waals surface area contributed by atoms with Crippen molar-refractivity contribution in [1.82, 2.24) is 0 Å². The average Bonchev–Trinajstić information content (AvgIpc) is 3.22. The second-order valence-corrected chi connectivity index (χ2v) is 5.86. The predicted octanol–water partition coefficient (Wildman–Crippen LogP) is 3.84. The maximum atomic E-state index is 6.16. The van der Waals surface area contributed by atoms with E-state index in [-0.39, 0.29) is 6.04 Å². The topological polar surface area (TPSA) is 35.2 Å². The van der Waals surface area contributed by atoms with Gasteiger partial charge in [-0.25, -0.2) is 0 Å². The van der Waals surface area contributed by atoms with E-state index < -0.39 is 0 Å². The first-order chi connectivity index (χ1) is 9.81. The summed E-state index contributed by atoms with van der Waals surface area (Å²) in [7, 11) is 0. The molecule has 2 aliphatic rings. The molecule has 0 saturated heterocycles. The first-order valence-corrected chi connectivity index (χ1v) is 7.46. The molecule has 0 heterocycles. The molecule has 1 fully saturated rings. The molecule has 4 rings (SSSR count). The molecule has 102 valence electrons. The van der Waals surface area contributed by atoms with Crippen LogP contribution in [0.5, 0.6) is 5.75 Å². The summed E-state index contributed by atoms with van der Waals surface area (Å²) in [4.78, 5) is 0. The van der Waals surface area contributed by atoms with Crippen LogP contribution in [0.2, 0.25) is 0 Å². The summed E-state index contributed by atoms with van der Waals surface area (Å²) in [5.74, 6) is 0.987. The Kier molecular flexibility index (Phi) is 2.78. The first-order valence-electron chi connectivity index (χ1n) is 7.46. The molecule has 0 bridgehead atoms. The molecule has 0 radical (unpaired) electrons. The van der Waals surface area contributed by atoms with E-state index in [1.165, 1.54) is 35.1 Å². The van der Waals surface area contributed by atoms with Gasteiger partial charge in [-0.05, 0) is 60.1 Å². The third-order valence-electron chi connectivity index (χ3n) is 4.31. The summed E-state index contributed by atoms with van der Waals surface area (Å²) in [6, 6.07) is 15.2. The molecule has 2 N–H and O–H groups in total. The van der Waals surface area contributed by atoms with Crippen LogP contribution in [0.3, 0.4) is 0 Å². The third kappa shape index (κ3) is 2.10. The molecule has 2 heteroatoms. The zero-order chi connectivity index (χ0) is 13.5. The Morgan fingerprint density at radius 2 is 1.75 bits per heavy atom. The van der Waals surface area contributed by atoms with Gasteiger partial charge in [0.1, 0.15) is 5.75 Å². The molecule has 2 aromatic carbocycles. The summed E-state index contributed by atoms with van der Waals surface area (Å²) < 4.78 is 5.81. The lowest BCUT2D eigenvalue weighted by Crippen LogP contribution is -2.04. The Balaban J connectivity index is 1.67. The van der Waals surface area contributed by atoms with Crippen LogP contribution in [-0.2, 0) is 6.42 Å². The average molecular weight is 265 g/mol. The number of hydrogen-bond donors (Lipinski definition) is 1. The fourth-order valence-corrected chi connectivity index (χ4v) is 3.05. The van der Waals surface area contributed by atoms with Gasteiger partial charge in [0.05, 0.1) is 6.10 Å². The van der Waals surface area contributed by atoms with Crippen molar-refractivity contribution in [2.24, 2.45) is 5.73 Å². The summed E-state index contributed by atoms with van der Waals surface area (Å²) in [6.07, 6.45) is 5.01. The molecule has 2 aromatic rings. The predicted molar refractivity (Wildman–Crippen MR) is 80.8 cm³/mol. The van der Waals surface area contributed by atoms with Crippen LogP contribution in [0.1, 0.15) is 36.4 Å². The largest absolute Gasteiger partial charge is 0.490 e. The van der Waals surface area contributed by atoms with E-state index in [2.05, 4.69) is 42.5 Å². The molecule has 2 aliphatic carbocycles. The van der Waals surface area contributed by atoms with Crippen molar-refractivity contribution in [3.63, 3.8) is 0 Å². The molecule has 20 heavy (non-hydrogen) atoms. The lowest BCUT2D eigenvalue weighted by Gasteiger charge is -2.11. The van der Waals surface area contributed by atoms with Crippen molar-refractivity contribution >= 4 is 0 Å². The van der Waals surface area contributed by atoms with E-state index in [1.807, 2.05) is 0 Å². The smallest absolute Gasteiger partial charge is 0.119 e. The highest BCUT2D eigenvalue weighted by atomic mass is 16.5. The molecule has 0 aromatic heterocycles. The lowest BCUT2D eigenvalue weighted by atomic mass is 9.96. The number of rotatable bonds is 3. The van der Waals surface area contributed by atoms with Crippen LogP contribution in [0.25, 0.3) is 11.1 Å². The van der Waals surface area contributed by atoms with Crippen LogP contribution in [0, 0.1) is 0 Å². The van der Waals surface area contributed by atoms with Crippen molar-refractivity contribution in [2.75, 3.05) is 0 Å². The van der Waals surface area contributed by atoms with Crippen LogP contribution < -0.4 is 10.5 Å². The van der Waals surface area contributed by atoms with Gasteiger partial charge < -0.3 is 10.5 Å². The number of benzene rings is 2. The van der Waals surface area contributed by atoms with Gasteiger partial charge in [-0.15, -0.1) is 0 Å². The summed E-state index contributed by atoms with van der Waals surface area (Å²) in [6.45, 7) is 0. The maximum absolute atomic E-state index is 6.16. The minimum atomic E-state index is 0.211. The van der Waals surface area contributed by atoms with Crippen LogP contribution in [-0.4, -0.2) is 6.10 Å². The second kappa shape index (κ2) is 4.64. The van der Waals surface area contributed by atoms with Gasteiger partial charge in [0, 0.05) is 6.04 Å². The van der Waals surface area contributed by atoms with E-state index in [1.54, 1.807) is 0 Å². The van der Waals surface area contributed by atoms with E-state index >= 15 is 0 Å². The Bertz CT molecular complexity index is 628. The monoisotopic (exact) mass is 265 g/mol. The van der Waals surface area contributed by atoms with Crippen molar-refractivity contribution < 1.29 is 4.74 Å². The first kappa shape index (κ1) is 12.0. The van der Waals surface area contributed by atoms with Crippen LogP contribution in [0.4, 0.5) is 0 Å². The summed E-state index contributed by atoms with van der Waals surface area (Å²) in [5.41, 5.74) is 11.5. The van der Waals surface area contributed by atoms with Crippen LogP contribution >= 0.6 is 0 Å². The number of ether oxygens (including phenoxy) is 1. The summed E-state index contributed by atoms with van der Waals surface area (Å²) in [5, 5.41) is 0. The van der Waals surface area contributed by atoms with Gasteiger partial charge >= 0.3 is 0 Å². The number of hydrogen-bond acceptors (Lipinski definition) is 2. The van der Waals surface area contributed by atoms with Gasteiger partial charge in [-0.3, -0.25) is 0 Å². The quantitative estimate of drug-likeness (QED) is 0.915. The van der Waals surface area contributed by atoms with Crippen molar-refractivity contribution in [2.45, 2.75) is 37.8 Å². The third-order valence-corrected chi connectivity index (χ3v) is 4.31. The minimum Gasteiger partial charge on any atom is -0.490 e. The highest BCUT2D eigenvalue weighted by Gasteiger charge is 2.24. The summed E-state index contributed by atoms with van der Waals surface area (Å²) >= 11 is 0. The van der Waals surface area contributed by atoms with Gasteiger partial charge in [-0.1, -0.05) is 30.3 Å². The maximum Gasteiger partial charge on any atom is 0.119 e. The second-order valence-electron chi connectivity index (χ2n) is 5.86. The zero-order valence-corrected chi connectivity index (χ0v) is 11.5. The van der Waals surface area contributed by atoms with Crippen LogP contribution in [0.15, 0.2) is 42.5 Å². The Labute approximate surface area is 119 Å². The molecular weight excluding hydrogens is 246 g/mol. The van der Waals surface area contributed by atoms with E-state index in [9.17, 15) is 0 Å². The Hall–Kier alpha value is -1.80. The molecule has 0 spiro atoms. The van der Waals surface area contributed by atoms with Crippen molar-refractivity contribution in [1.29, 1.82) is 0 Å². The SMILES string of the molecule is NC1CCc2c(-c3ccc(OC4CC4)cc3)cccc21. The molecule has 2 nitrogen and oxygen atoms in total. The molecule has 0 amide bonds. The molecule has 1 saturated carbocycles. The normalized spacial score (nSPS) is 20.8. The van der Waals surface area contributed by atoms with Gasteiger partial charge in [-0.2, -0.15) is 0 Å².